The molecule has 0 fully saturated rings. The largest absolute Gasteiger partial charge is 0.492 e. The molecule has 0 bridgehead atoms. The van der Waals surface area contributed by atoms with Gasteiger partial charge in [-0.2, -0.15) is 0 Å². The van der Waals surface area contributed by atoms with E-state index in [1.807, 2.05) is 43.1 Å². The fourth-order valence-corrected chi connectivity index (χ4v) is 1.79. The van der Waals surface area contributed by atoms with Crippen molar-refractivity contribution in [2.24, 2.45) is 5.92 Å². The molecule has 1 amide bonds. The number of nitrogens with zero attached hydrogens (tertiary/aromatic N) is 1. The first-order valence-corrected chi connectivity index (χ1v) is 7.57. The molecule has 0 aliphatic rings. The van der Waals surface area contributed by atoms with Crippen LogP contribution in [0.5, 0.6) is 5.75 Å². The summed E-state index contributed by atoms with van der Waals surface area (Å²) in [6, 6.07) is 7.84. The van der Waals surface area contributed by atoms with Gasteiger partial charge in [-0.25, -0.2) is 0 Å². The number of carbonyl (C=O) groups is 1. The second-order valence-corrected chi connectivity index (χ2v) is 5.96. The lowest BCUT2D eigenvalue weighted by atomic mass is 10.2. The van der Waals surface area contributed by atoms with Gasteiger partial charge in [-0.3, -0.25) is 9.69 Å². The van der Waals surface area contributed by atoms with Crippen LogP contribution in [0.1, 0.15) is 26.3 Å². The van der Waals surface area contributed by atoms with Crippen LogP contribution in [0.4, 0.5) is 0 Å². The number of ether oxygens (including phenoxy) is 1. The molecule has 118 valence electrons. The smallest absolute Gasteiger partial charge is 0.237 e. The predicted octanol–water partition coefficient (Wildman–Crippen LogP) is 2.47. The number of nitrogens with one attached hydrogen (secondary N) is 1. The quantitative estimate of drug-likeness (QED) is 0.800. The Labute approximate surface area is 128 Å². The number of benzene rings is 1. The number of hydrogen-bond acceptors (Lipinski definition) is 3. The molecule has 1 unspecified atom stereocenters. The topological polar surface area (TPSA) is 41.6 Å². The van der Waals surface area contributed by atoms with Crippen LogP contribution < -0.4 is 10.1 Å². The monoisotopic (exact) mass is 292 g/mol. The van der Waals surface area contributed by atoms with Gasteiger partial charge in [-0.1, -0.05) is 31.5 Å². The van der Waals surface area contributed by atoms with Crippen molar-refractivity contribution >= 4 is 5.91 Å². The zero-order valence-corrected chi connectivity index (χ0v) is 13.8. The maximum atomic E-state index is 12.0. The Hall–Kier alpha value is -1.55. The third kappa shape index (κ3) is 6.63. The molecule has 4 nitrogen and oxygen atoms in total. The van der Waals surface area contributed by atoms with E-state index >= 15 is 0 Å². The molecular weight excluding hydrogens is 264 g/mol. The summed E-state index contributed by atoms with van der Waals surface area (Å²) in [6.07, 6.45) is 0. The molecule has 0 aliphatic carbocycles. The molecule has 0 radical (unpaired) electrons. The van der Waals surface area contributed by atoms with E-state index in [0.717, 1.165) is 12.3 Å². The summed E-state index contributed by atoms with van der Waals surface area (Å²) in [5, 5.41) is 2.96. The van der Waals surface area contributed by atoms with Gasteiger partial charge < -0.3 is 10.1 Å². The summed E-state index contributed by atoms with van der Waals surface area (Å²) >= 11 is 0. The van der Waals surface area contributed by atoms with E-state index in [2.05, 4.69) is 26.1 Å². The second kappa shape index (κ2) is 8.67. The van der Waals surface area contributed by atoms with E-state index in [-0.39, 0.29) is 11.9 Å². The van der Waals surface area contributed by atoms with E-state index in [0.29, 0.717) is 19.1 Å². The van der Waals surface area contributed by atoms with Crippen molar-refractivity contribution in [3.05, 3.63) is 29.8 Å². The fourth-order valence-electron chi connectivity index (χ4n) is 1.79. The highest BCUT2D eigenvalue weighted by Crippen LogP contribution is 2.11. The first kappa shape index (κ1) is 17.5. The lowest BCUT2D eigenvalue weighted by Crippen LogP contribution is -2.45. The average molecular weight is 292 g/mol. The van der Waals surface area contributed by atoms with Gasteiger partial charge in [0.1, 0.15) is 12.4 Å². The summed E-state index contributed by atoms with van der Waals surface area (Å²) in [4.78, 5) is 14.0. The second-order valence-electron chi connectivity index (χ2n) is 5.96. The van der Waals surface area contributed by atoms with Gasteiger partial charge in [0.2, 0.25) is 5.91 Å². The normalized spacial score (nSPS) is 12.5. The standard InChI is InChI=1S/C17H28N2O2/c1-13(2)12-18-17(20)15(4)19(5)10-11-21-16-8-6-14(3)7-9-16/h6-9,13,15H,10-12H2,1-5H3,(H,18,20). The van der Waals surface area contributed by atoms with Crippen molar-refractivity contribution in [3.8, 4) is 5.75 Å². The summed E-state index contributed by atoms with van der Waals surface area (Å²) in [5.41, 5.74) is 1.22. The van der Waals surface area contributed by atoms with Crippen LogP contribution >= 0.6 is 0 Å². The minimum Gasteiger partial charge on any atom is -0.492 e. The summed E-state index contributed by atoms with van der Waals surface area (Å²) in [6.45, 7) is 10.1. The van der Waals surface area contributed by atoms with Crippen LogP contribution in [-0.2, 0) is 4.79 Å². The Morgan fingerprint density at radius 2 is 1.86 bits per heavy atom. The van der Waals surface area contributed by atoms with Gasteiger partial charge in [0.25, 0.3) is 0 Å². The predicted molar refractivity (Wildman–Crippen MR) is 86.6 cm³/mol. The van der Waals surface area contributed by atoms with Crippen LogP contribution in [0.3, 0.4) is 0 Å². The molecule has 1 rings (SSSR count). The minimum atomic E-state index is -0.148. The molecule has 0 saturated carbocycles. The van der Waals surface area contributed by atoms with Gasteiger partial charge in [-0.15, -0.1) is 0 Å². The lowest BCUT2D eigenvalue weighted by molar-refractivity contribution is -0.125. The van der Waals surface area contributed by atoms with Crippen LogP contribution in [0.25, 0.3) is 0 Å². The first-order chi connectivity index (χ1) is 9.90. The molecule has 4 heteroatoms. The van der Waals surface area contributed by atoms with Crippen LogP contribution in [0, 0.1) is 12.8 Å². The van der Waals surface area contributed by atoms with Crippen LogP contribution in [0.15, 0.2) is 24.3 Å². The van der Waals surface area contributed by atoms with Crippen molar-refractivity contribution in [1.82, 2.24) is 10.2 Å². The first-order valence-electron chi connectivity index (χ1n) is 7.57. The Kier molecular flexibility index (Phi) is 7.23. The molecular formula is C17H28N2O2. The molecule has 0 aromatic heterocycles. The molecule has 1 N–H and O–H groups in total. The molecule has 1 aromatic rings. The molecule has 1 aromatic carbocycles. The SMILES string of the molecule is Cc1ccc(OCCN(C)C(C)C(=O)NCC(C)C)cc1. The fraction of sp³-hybridized carbons (Fsp3) is 0.588. The summed E-state index contributed by atoms with van der Waals surface area (Å²) in [5.74, 6) is 1.41. The Balaban J connectivity index is 2.30. The van der Waals surface area contributed by atoms with E-state index in [9.17, 15) is 4.79 Å². The average Bonchev–Trinajstić information content (AvgIpc) is 2.45. The number of rotatable bonds is 8. The van der Waals surface area contributed by atoms with Crippen molar-refractivity contribution in [2.45, 2.75) is 33.7 Å². The minimum absolute atomic E-state index is 0.0709. The summed E-state index contributed by atoms with van der Waals surface area (Å²) < 4.78 is 5.69. The van der Waals surface area contributed by atoms with Crippen molar-refractivity contribution < 1.29 is 9.53 Å². The number of aryl methyl sites for hydroxylation is 1. The highest BCUT2D eigenvalue weighted by molar-refractivity contribution is 5.81. The molecule has 0 spiro atoms. The molecule has 21 heavy (non-hydrogen) atoms. The van der Waals surface area contributed by atoms with Crippen molar-refractivity contribution in [3.63, 3.8) is 0 Å². The van der Waals surface area contributed by atoms with E-state index < -0.39 is 0 Å². The van der Waals surface area contributed by atoms with Gasteiger partial charge in [-0.05, 0) is 38.9 Å². The van der Waals surface area contributed by atoms with Crippen LogP contribution in [0.2, 0.25) is 0 Å². The summed E-state index contributed by atoms with van der Waals surface area (Å²) in [7, 11) is 1.94. The van der Waals surface area contributed by atoms with E-state index in [4.69, 9.17) is 4.74 Å². The van der Waals surface area contributed by atoms with E-state index in [1.165, 1.54) is 5.56 Å². The molecule has 0 aliphatic heterocycles. The lowest BCUT2D eigenvalue weighted by Gasteiger charge is -2.24. The van der Waals surface area contributed by atoms with Crippen LogP contribution in [-0.4, -0.2) is 43.6 Å². The Morgan fingerprint density at radius 1 is 1.24 bits per heavy atom. The third-order valence-electron chi connectivity index (χ3n) is 3.46. The zero-order chi connectivity index (χ0) is 15.8. The third-order valence-corrected chi connectivity index (χ3v) is 3.46. The molecule has 0 saturated heterocycles. The Bertz CT molecular complexity index is 429. The maximum Gasteiger partial charge on any atom is 0.237 e. The highest BCUT2D eigenvalue weighted by Gasteiger charge is 2.17. The molecule has 0 heterocycles. The Morgan fingerprint density at radius 3 is 2.43 bits per heavy atom. The number of carbonyl (C=O) groups excluding carboxylic acids is 1. The number of likely N-dealkylation sites (N-methyl/N-ethyl adjacent to an activating group) is 1. The highest BCUT2D eigenvalue weighted by atomic mass is 16.5. The van der Waals surface area contributed by atoms with Gasteiger partial charge >= 0.3 is 0 Å². The van der Waals surface area contributed by atoms with E-state index in [1.54, 1.807) is 0 Å². The molecule has 1 atom stereocenters. The number of amides is 1. The van der Waals surface area contributed by atoms with Gasteiger partial charge in [0.15, 0.2) is 0 Å². The van der Waals surface area contributed by atoms with Crippen molar-refractivity contribution in [2.75, 3.05) is 26.7 Å². The van der Waals surface area contributed by atoms with Gasteiger partial charge in [0.05, 0.1) is 6.04 Å². The van der Waals surface area contributed by atoms with Crippen molar-refractivity contribution in [1.29, 1.82) is 0 Å². The van der Waals surface area contributed by atoms with Gasteiger partial charge in [0, 0.05) is 13.1 Å². The number of hydrogen-bond donors (Lipinski definition) is 1. The maximum absolute atomic E-state index is 12.0. The zero-order valence-electron chi connectivity index (χ0n) is 13.8.